The molecule has 238 valence electrons. The third-order valence-corrected chi connectivity index (χ3v) is 8.46. The van der Waals surface area contributed by atoms with Gasteiger partial charge in [-0.05, 0) is 30.4 Å². The lowest BCUT2D eigenvalue weighted by Gasteiger charge is -2.37. The predicted octanol–water partition coefficient (Wildman–Crippen LogP) is 2.75. The van der Waals surface area contributed by atoms with E-state index in [1.807, 2.05) is 36.4 Å². The highest BCUT2D eigenvalue weighted by molar-refractivity contribution is 6.12. The van der Waals surface area contributed by atoms with E-state index in [1.54, 1.807) is 16.9 Å². The van der Waals surface area contributed by atoms with Crippen LogP contribution in [0, 0.1) is 0 Å². The first-order valence-electron chi connectivity index (χ1n) is 15.5. The van der Waals surface area contributed by atoms with Gasteiger partial charge in [0.25, 0.3) is 5.91 Å². The average molecular weight is 617 g/mol. The fourth-order valence-electron chi connectivity index (χ4n) is 6.11. The van der Waals surface area contributed by atoms with Crippen LogP contribution in [0.1, 0.15) is 22.5 Å². The van der Waals surface area contributed by atoms with E-state index in [1.165, 1.54) is 6.08 Å². The fraction of sp³-hybridized carbons (Fsp3) is 0.455. The number of carbonyl (C=O) groups is 2. The summed E-state index contributed by atoms with van der Waals surface area (Å²) in [6, 6.07) is 11.9. The molecule has 45 heavy (non-hydrogen) atoms. The highest BCUT2D eigenvalue weighted by Crippen LogP contribution is 2.37. The van der Waals surface area contributed by atoms with Gasteiger partial charge in [0.2, 0.25) is 5.91 Å². The lowest BCUT2D eigenvalue weighted by Crippen LogP contribution is -2.49. The molecular weight excluding hydrogens is 576 g/mol. The van der Waals surface area contributed by atoms with Crippen LogP contribution in [-0.2, 0) is 20.7 Å². The maximum absolute atomic E-state index is 14.3. The summed E-state index contributed by atoms with van der Waals surface area (Å²) in [5.41, 5.74) is 1.89. The molecule has 0 radical (unpaired) electrons. The van der Waals surface area contributed by atoms with Crippen LogP contribution in [0.2, 0.25) is 0 Å². The Morgan fingerprint density at radius 2 is 1.82 bits per heavy atom. The van der Waals surface area contributed by atoms with Crippen LogP contribution in [0.25, 0.3) is 10.8 Å². The molecule has 12 nitrogen and oxygen atoms in total. The number of amides is 2. The van der Waals surface area contributed by atoms with Crippen molar-refractivity contribution in [1.29, 1.82) is 0 Å². The number of fused-ring (bicyclic) bond motifs is 2. The van der Waals surface area contributed by atoms with Gasteiger partial charge in [0.05, 0.1) is 25.5 Å². The average Bonchev–Trinajstić information content (AvgIpc) is 3.09. The number of aromatic nitrogens is 2. The summed E-state index contributed by atoms with van der Waals surface area (Å²) in [4.78, 5) is 44.1. The number of nitrogens with zero attached hydrogens (tertiary/aromatic N) is 6. The number of hydrogen-bond acceptors (Lipinski definition) is 10. The first-order chi connectivity index (χ1) is 22.1. The van der Waals surface area contributed by atoms with Crippen LogP contribution in [0.3, 0.4) is 0 Å². The molecule has 0 bridgehead atoms. The number of rotatable bonds is 11. The Kier molecular flexibility index (Phi) is 9.72. The lowest BCUT2D eigenvalue weighted by molar-refractivity contribution is -0.126. The van der Waals surface area contributed by atoms with E-state index in [0.717, 1.165) is 61.3 Å². The standard InChI is InChI=1S/C33H40N6O6/c1-3-29(40)37-12-14-38(15-13-37)31-27-9-11-39(28-22-25(45-23-42-2)21-24-7-4-5-8-26(24)28)32(41)30(27)34-33(35-31)44-18-6-10-36-16-19-43-20-17-36/h3-5,7-8,21-22H,1,6,9-20,23H2,2H3. The second kappa shape index (κ2) is 14.2. The van der Waals surface area contributed by atoms with E-state index in [9.17, 15) is 9.59 Å². The van der Waals surface area contributed by atoms with Gasteiger partial charge in [-0.25, -0.2) is 0 Å². The molecule has 4 heterocycles. The molecule has 1 aromatic heterocycles. The van der Waals surface area contributed by atoms with Crippen molar-refractivity contribution in [1.82, 2.24) is 19.8 Å². The number of carbonyl (C=O) groups excluding carboxylic acids is 2. The molecule has 0 N–H and O–H groups in total. The van der Waals surface area contributed by atoms with Crippen LogP contribution >= 0.6 is 0 Å². The molecule has 0 aliphatic carbocycles. The number of morpholine rings is 1. The Hall–Kier alpha value is -4.26. The van der Waals surface area contributed by atoms with Gasteiger partial charge in [0, 0.05) is 76.5 Å². The van der Waals surface area contributed by atoms with E-state index in [4.69, 9.17) is 28.9 Å². The zero-order valence-corrected chi connectivity index (χ0v) is 25.8. The molecule has 0 spiro atoms. The quantitative estimate of drug-likeness (QED) is 0.181. The molecule has 6 rings (SSSR count). The first-order valence-corrected chi connectivity index (χ1v) is 15.5. The second-order valence-corrected chi connectivity index (χ2v) is 11.3. The molecule has 2 fully saturated rings. The second-order valence-electron chi connectivity index (χ2n) is 11.3. The number of anilines is 2. The maximum Gasteiger partial charge on any atom is 0.319 e. The van der Waals surface area contributed by atoms with Crippen LogP contribution in [0.4, 0.5) is 11.5 Å². The molecule has 3 aliphatic rings. The summed E-state index contributed by atoms with van der Waals surface area (Å²) in [7, 11) is 1.57. The Bertz CT molecular complexity index is 1540. The SMILES string of the molecule is C=CC(=O)N1CCN(c2nc(OCCCN3CCOCC3)nc3c2CCN(c2cc(OCOC)cc4ccccc24)C3=O)CC1. The topological polar surface area (TPSA) is 110 Å². The largest absolute Gasteiger partial charge is 0.467 e. The smallest absolute Gasteiger partial charge is 0.319 e. The van der Waals surface area contributed by atoms with Crippen molar-refractivity contribution in [3.05, 3.63) is 60.3 Å². The van der Waals surface area contributed by atoms with Gasteiger partial charge >= 0.3 is 6.01 Å². The molecule has 0 saturated carbocycles. The molecule has 2 aromatic carbocycles. The number of methoxy groups -OCH3 is 1. The summed E-state index contributed by atoms with van der Waals surface area (Å²) in [5.74, 6) is 1.01. The summed E-state index contributed by atoms with van der Waals surface area (Å²) in [6.07, 6.45) is 2.72. The van der Waals surface area contributed by atoms with Gasteiger partial charge in [-0.2, -0.15) is 9.97 Å². The van der Waals surface area contributed by atoms with Gasteiger partial charge in [0.1, 0.15) is 17.3 Å². The van der Waals surface area contributed by atoms with E-state index in [0.29, 0.717) is 63.0 Å². The Balaban J connectivity index is 1.29. The van der Waals surface area contributed by atoms with Crippen LogP contribution in [0.15, 0.2) is 49.1 Å². The number of ether oxygens (including phenoxy) is 4. The Morgan fingerprint density at radius 3 is 2.60 bits per heavy atom. The van der Waals surface area contributed by atoms with Crippen molar-refractivity contribution >= 4 is 34.1 Å². The highest BCUT2D eigenvalue weighted by Gasteiger charge is 2.34. The predicted molar refractivity (Wildman–Crippen MR) is 170 cm³/mol. The fourth-order valence-corrected chi connectivity index (χ4v) is 6.11. The zero-order valence-electron chi connectivity index (χ0n) is 25.8. The highest BCUT2D eigenvalue weighted by atomic mass is 16.7. The van der Waals surface area contributed by atoms with E-state index in [2.05, 4.69) is 16.4 Å². The summed E-state index contributed by atoms with van der Waals surface area (Å²) >= 11 is 0. The molecule has 12 heteroatoms. The first kappa shape index (κ1) is 30.8. The third kappa shape index (κ3) is 6.87. The van der Waals surface area contributed by atoms with E-state index < -0.39 is 0 Å². The number of hydrogen-bond donors (Lipinski definition) is 0. The summed E-state index contributed by atoms with van der Waals surface area (Å²) in [5, 5.41) is 1.90. The summed E-state index contributed by atoms with van der Waals surface area (Å²) < 4.78 is 22.5. The van der Waals surface area contributed by atoms with Gasteiger partial charge < -0.3 is 33.6 Å². The van der Waals surface area contributed by atoms with E-state index >= 15 is 0 Å². The Morgan fingerprint density at radius 1 is 1.02 bits per heavy atom. The van der Waals surface area contributed by atoms with Gasteiger partial charge in [0.15, 0.2) is 6.79 Å². The monoisotopic (exact) mass is 616 g/mol. The zero-order chi connectivity index (χ0) is 31.2. The Labute approximate surface area is 263 Å². The van der Waals surface area contributed by atoms with Crippen LogP contribution in [0.5, 0.6) is 11.8 Å². The van der Waals surface area contributed by atoms with Crippen molar-refractivity contribution < 1.29 is 28.5 Å². The maximum atomic E-state index is 14.3. The molecule has 3 aliphatic heterocycles. The van der Waals surface area contributed by atoms with Crippen molar-refractivity contribution in [2.24, 2.45) is 0 Å². The van der Waals surface area contributed by atoms with Crippen LogP contribution in [-0.4, -0.2) is 118 Å². The molecule has 0 unspecified atom stereocenters. The molecular formula is C33H40N6O6. The normalized spacial score (nSPS) is 17.4. The van der Waals surface area contributed by atoms with Crippen molar-refractivity contribution in [3.8, 4) is 11.8 Å². The molecule has 3 aromatic rings. The van der Waals surface area contributed by atoms with Gasteiger partial charge in [-0.1, -0.05) is 30.8 Å². The number of piperazine rings is 1. The third-order valence-electron chi connectivity index (χ3n) is 8.46. The van der Waals surface area contributed by atoms with Crippen molar-refractivity contribution in [2.45, 2.75) is 12.8 Å². The van der Waals surface area contributed by atoms with Crippen LogP contribution < -0.4 is 19.3 Å². The minimum absolute atomic E-state index is 0.0848. The molecule has 2 saturated heterocycles. The molecule has 2 amide bonds. The van der Waals surface area contributed by atoms with E-state index in [-0.39, 0.29) is 24.6 Å². The minimum atomic E-state index is -0.215. The van der Waals surface area contributed by atoms with Gasteiger partial charge in [-0.3, -0.25) is 14.5 Å². The lowest BCUT2D eigenvalue weighted by atomic mass is 10.0. The van der Waals surface area contributed by atoms with Crippen molar-refractivity contribution in [3.63, 3.8) is 0 Å². The van der Waals surface area contributed by atoms with Gasteiger partial charge in [-0.15, -0.1) is 0 Å². The molecule has 0 atom stereocenters. The minimum Gasteiger partial charge on any atom is -0.467 e. The number of benzene rings is 2. The van der Waals surface area contributed by atoms with Crippen molar-refractivity contribution in [2.75, 3.05) is 95.9 Å². The summed E-state index contributed by atoms with van der Waals surface area (Å²) in [6.45, 7) is 11.1.